The number of hydrogen-bond donors (Lipinski definition) is 0. The van der Waals surface area contributed by atoms with Crippen LogP contribution in [0.3, 0.4) is 0 Å². The predicted molar refractivity (Wildman–Crippen MR) is 246 cm³/mol. The van der Waals surface area contributed by atoms with E-state index in [1.54, 1.807) is 0 Å². The number of rotatable bonds is 6. The van der Waals surface area contributed by atoms with Crippen molar-refractivity contribution in [3.05, 3.63) is 217 Å². The van der Waals surface area contributed by atoms with E-state index in [2.05, 4.69) is 229 Å². The first-order valence-electron chi connectivity index (χ1n) is 20.1. The monoisotopic (exact) mass is 740 g/mol. The van der Waals surface area contributed by atoms with Gasteiger partial charge in [-0.15, -0.1) is 0 Å². The Balaban J connectivity index is 1.02. The largest absolute Gasteiger partial charge is 0.309 e. The highest BCUT2D eigenvalue weighted by Crippen LogP contribution is 2.40. The molecule has 0 radical (unpaired) electrons. The lowest BCUT2D eigenvalue weighted by Gasteiger charge is -2.15. The summed E-state index contributed by atoms with van der Waals surface area (Å²) in [5.74, 6) is 0. The molecule has 2 heteroatoms. The average molecular weight is 741 g/mol. The summed E-state index contributed by atoms with van der Waals surface area (Å²) in [5.41, 5.74) is 19.5. The SMILES string of the molecule is Cc1cc(C)cc(-c2ccc(-c3ccccc3)c(-c3ccc(-n4c5ccccc5c5cc(-c6ccc7c(c6)c6ccccc6n7-c6ccccc6)ccc54)cc3)c2)c1. The molecule has 11 rings (SSSR count). The fraction of sp³-hybridized carbons (Fsp3) is 0.0357. The Morgan fingerprint density at radius 3 is 1.28 bits per heavy atom. The molecule has 2 nitrogen and oxygen atoms in total. The molecule has 0 unspecified atom stereocenters. The second-order valence-electron chi connectivity index (χ2n) is 15.6. The van der Waals surface area contributed by atoms with Gasteiger partial charge in [-0.3, -0.25) is 0 Å². The number of nitrogens with zero attached hydrogens (tertiary/aromatic N) is 2. The number of aromatic nitrogens is 2. The first kappa shape index (κ1) is 33.9. The van der Waals surface area contributed by atoms with Gasteiger partial charge in [0.1, 0.15) is 0 Å². The van der Waals surface area contributed by atoms with Gasteiger partial charge in [-0.2, -0.15) is 0 Å². The van der Waals surface area contributed by atoms with Gasteiger partial charge in [0.15, 0.2) is 0 Å². The molecule has 9 aromatic carbocycles. The smallest absolute Gasteiger partial charge is 0.0541 e. The topological polar surface area (TPSA) is 9.86 Å². The molecule has 58 heavy (non-hydrogen) atoms. The first-order chi connectivity index (χ1) is 28.6. The van der Waals surface area contributed by atoms with Gasteiger partial charge in [0.2, 0.25) is 0 Å². The van der Waals surface area contributed by atoms with Gasteiger partial charge < -0.3 is 9.13 Å². The second kappa shape index (κ2) is 13.7. The molecule has 0 bridgehead atoms. The third-order valence-corrected chi connectivity index (χ3v) is 11.8. The van der Waals surface area contributed by atoms with Crippen LogP contribution >= 0.6 is 0 Å². The summed E-state index contributed by atoms with van der Waals surface area (Å²) in [5, 5.41) is 5.01. The van der Waals surface area contributed by atoms with Crippen molar-refractivity contribution in [2.75, 3.05) is 0 Å². The first-order valence-corrected chi connectivity index (χ1v) is 20.1. The predicted octanol–water partition coefficient (Wildman–Crippen LogP) is 15.2. The van der Waals surface area contributed by atoms with E-state index < -0.39 is 0 Å². The lowest BCUT2D eigenvalue weighted by atomic mass is 9.90. The summed E-state index contributed by atoms with van der Waals surface area (Å²) in [6, 6.07) is 75.7. The quantitative estimate of drug-likeness (QED) is 0.161. The van der Waals surface area contributed by atoms with Crippen LogP contribution in [0.1, 0.15) is 11.1 Å². The fourth-order valence-corrected chi connectivity index (χ4v) is 9.20. The van der Waals surface area contributed by atoms with Crippen molar-refractivity contribution in [1.82, 2.24) is 9.13 Å². The number of fused-ring (bicyclic) bond motifs is 6. The van der Waals surface area contributed by atoms with E-state index in [4.69, 9.17) is 0 Å². The molecule has 0 N–H and O–H groups in total. The number of para-hydroxylation sites is 3. The Morgan fingerprint density at radius 2 is 0.690 bits per heavy atom. The lowest BCUT2D eigenvalue weighted by molar-refractivity contribution is 1.18. The molecular formula is C56H40N2. The van der Waals surface area contributed by atoms with Crippen molar-refractivity contribution in [2.24, 2.45) is 0 Å². The van der Waals surface area contributed by atoms with Crippen LogP contribution in [0.2, 0.25) is 0 Å². The molecule has 0 aliphatic carbocycles. The van der Waals surface area contributed by atoms with Crippen molar-refractivity contribution >= 4 is 43.6 Å². The summed E-state index contributed by atoms with van der Waals surface area (Å²) < 4.78 is 4.79. The Bertz CT molecular complexity index is 3310. The highest BCUT2D eigenvalue weighted by Gasteiger charge is 2.17. The fourth-order valence-electron chi connectivity index (χ4n) is 9.20. The molecule has 0 saturated carbocycles. The van der Waals surface area contributed by atoms with E-state index in [0.717, 1.165) is 5.69 Å². The van der Waals surface area contributed by atoms with Crippen molar-refractivity contribution in [3.8, 4) is 55.9 Å². The molecule has 0 fully saturated rings. The molecule has 0 aliphatic rings. The molecule has 2 aromatic heterocycles. The molecule has 11 aromatic rings. The third kappa shape index (κ3) is 5.64. The van der Waals surface area contributed by atoms with E-state index in [1.165, 1.54) is 105 Å². The number of aryl methyl sites for hydroxylation is 2. The molecule has 0 aliphatic heterocycles. The summed E-state index contributed by atoms with van der Waals surface area (Å²) in [6.45, 7) is 4.35. The van der Waals surface area contributed by atoms with Crippen LogP contribution in [0, 0.1) is 13.8 Å². The Labute approximate surface area is 338 Å². The van der Waals surface area contributed by atoms with Crippen molar-refractivity contribution in [3.63, 3.8) is 0 Å². The summed E-state index contributed by atoms with van der Waals surface area (Å²) in [7, 11) is 0. The summed E-state index contributed by atoms with van der Waals surface area (Å²) >= 11 is 0. The maximum absolute atomic E-state index is 2.42. The van der Waals surface area contributed by atoms with Crippen LogP contribution in [0.25, 0.3) is 99.5 Å². The Kier molecular flexibility index (Phi) is 7.97. The van der Waals surface area contributed by atoms with Gasteiger partial charge in [0.25, 0.3) is 0 Å². The van der Waals surface area contributed by atoms with Gasteiger partial charge in [-0.05, 0) is 125 Å². The minimum Gasteiger partial charge on any atom is -0.309 e. The van der Waals surface area contributed by atoms with Gasteiger partial charge in [-0.25, -0.2) is 0 Å². The third-order valence-electron chi connectivity index (χ3n) is 11.8. The second-order valence-corrected chi connectivity index (χ2v) is 15.6. The van der Waals surface area contributed by atoms with Crippen LogP contribution < -0.4 is 0 Å². The van der Waals surface area contributed by atoms with Crippen molar-refractivity contribution < 1.29 is 0 Å². The molecule has 0 spiro atoms. The molecular weight excluding hydrogens is 701 g/mol. The van der Waals surface area contributed by atoms with Crippen molar-refractivity contribution in [2.45, 2.75) is 13.8 Å². The number of hydrogen-bond acceptors (Lipinski definition) is 0. The minimum absolute atomic E-state index is 1.14. The van der Waals surface area contributed by atoms with Crippen LogP contribution in [-0.4, -0.2) is 9.13 Å². The molecule has 2 heterocycles. The van der Waals surface area contributed by atoms with E-state index in [0.29, 0.717) is 0 Å². The van der Waals surface area contributed by atoms with Gasteiger partial charge >= 0.3 is 0 Å². The van der Waals surface area contributed by atoms with Crippen LogP contribution in [0.5, 0.6) is 0 Å². The normalized spacial score (nSPS) is 11.6. The molecule has 0 atom stereocenters. The van der Waals surface area contributed by atoms with Gasteiger partial charge in [0, 0.05) is 32.9 Å². The molecule has 274 valence electrons. The van der Waals surface area contributed by atoms with E-state index in [-0.39, 0.29) is 0 Å². The maximum Gasteiger partial charge on any atom is 0.0541 e. The Hall–Kier alpha value is -7.42. The highest BCUT2D eigenvalue weighted by molar-refractivity contribution is 6.12. The molecule has 0 amide bonds. The Morgan fingerprint density at radius 1 is 0.259 bits per heavy atom. The average Bonchev–Trinajstić information content (AvgIpc) is 3.79. The summed E-state index contributed by atoms with van der Waals surface area (Å²) in [4.78, 5) is 0. The lowest BCUT2D eigenvalue weighted by Crippen LogP contribution is -1.94. The van der Waals surface area contributed by atoms with Crippen molar-refractivity contribution in [1.29, 1.82) is 0 Å². The van der Waals surface area contributed by atoms with Crippen LogP contribution in [0.4, 0.5) is 0 Å². The highest BCUT2D eigenvalue weighted by atomic mass is 15.0. The van der Waals surface area contributed by atoms with E-state index >= 15 is 0 Å². The number of benzene rings is 9. The molecule has 0 saturated heterocycles. The standard InChI is InChI=1S/C56H40N2/c1-37-31-38(2)33-44(32-37)43-23-28-47(39-13-5-3-6-14-39)50(34-43)40-21-26-46(27-22-40)58-54-20-12-10-18-49(54)52-36-42(25-30-56(52)58)41-24-29-55-51(35-41)48-17-9-11-19-53(48)57(55)45-15-7-4-8-16-45/h3-36H,1-2H3. The summed E-state index contributed by atoms with van der Waals surface area (Å²) in [6.07, 6.45) is 0. The van der Waals surface area contributed by atoms with Gasteiger partial charge in [0.05, 0.1) is 22.1 Å². The zero-order valence-corrected chi connectivity index (χ0v) is 32.5. The van der Waals surface area contributed by atoms with Crippen LogP contribution in [0.15, 0.2) is 206 Å². The zero-order valence-electron chi connectivity index (χ0n) is 32.5. The zero-order chi connectivity index (χ0) is 38.7. The van der Waals surface area contributed by atoms with E-state index in [9.17, 15) is 0 Å². The van der Waals surface area contributed by atoms with E-state index in [1.807, 2.05) is 0 Å². The van der Waals surface area contributed by atoms with Gasteiger partial charge in [-0.1, -0.05) is 151 Å². The maximum atomic E-state index is 2.42. The van der Waals surface area contributed by atoms with Crippen LogP contribution in [-0.2, 0) is 0 Å². The minimum atomic E-state index is 1.14.